The van der Waals surface area contributed by atoms with E-state index in [1.165, 1.54) is 28.6 Å². The maximum absolute atomic E-state index is 11.1. The van der Waals surface area contributed by atoms with Gasteiger partial charge in [-0.05, 0) is 40.5 Å². The van der Waals surface area contributed by atoms with Gasteiger partial charge in [0.25, 0.3) is 5.91 Å². The van der Waals surface area contributed by atoms with E-state index in [4.69, 9.17) is 5.21 Å². The second-order valence-electron chi connectivity index (χ2n) is 6.59. The van der Waals surface area contributed by atoms with Gasteiger partial charge < -0.3 is 4.90 Å². The molecule has 0 unspecified atom stereocenters. The summed E-state index contributed by atoms with van der Waals surface area (Å²) in [5.74, 6) is -0.547. The molecular formula is C24H20N2O2. The molecular weight excluding hydrogens is 348 g/mol. The van der Waals surface area contributed by atoms with Crippen LogP contribution in [0.1, 0.15) is 22.3 Å². The van der Waals surface area contributed by atoms with Crippen molar-refractivity contribution in [3.8, 4) is 0 Å². The zero-order valence-electron chi connectivity index (χ0n) is 15.2. The Hall–Kier alpha value is -3.63. The molecule has 0 aromatic heterocycles. The third-order valence-corrected chi connectivity index (χ3v) is 4.76. The predicted octanol–water partition coefficient (Wildman–Crippen LogP) is 5.03. The van der Waals surface area contributed by atoms with E-state index in [1.807, 2.05) is 12.1 Å². The van der Waals surface area contributed by atoms with Gasteiger partial charge in [0.05, 0.1) is 0 Å². The second kappa shape index (κ2) is 7.94. The SMILES string of the molecule is O=C(/C=C/c1ccc(CN2c3ccccc3C=Cc3ccccc32)cc1)NO. The molecule has 3 aromatic rings. The summed E-state index contributed by atoms with van der Waals surface area (Å²) in [6.07, 6.45) is 7.28. The summed E-state index contributed by atoms with van der Waals surface area (Å²) in [6, 6.07) is 24.8. The van der Waals surface area contributed by atoms with Crippen molar-refractivity contribution in [3.05, 3.63) is 101 Å². The molecule has 4 nitrogen and oxygen atoms in total. The number of benzene rings is 3. The van der Waals surface area contributed by atoms with Crippen LogP contribution in [-0.2, 0) is 11.3 Å². The van der Waals surface area contributed by atoms with E-state index < -0.39 is 5.91 Å². The Morgan fingerprint density at radius 3 is 2.00 bits per heavy atom. The first-order chi connectivity index (χ1) is 13.7. The van der Waals surface area contributed by atoms with E-state index in [1.54, 1.807) is 11.6 Å². The number of amides is 1. The Morgan fingerprint density at radius 2 is 1.43 bits per heavy atom. The Bertz CT molecular complexity index is 1000. The molecule has 138 valence electrons. The number of fused-ring (bicyclic) bond motifs is 2. The van der Waals surface area contributed by atoms with Crippen molar-refractivity contribution in [2.75, 3.05) is 4.90 Å². The van der Waals surface area contributed by atoms with Gasteiger partial charge in [0.1, 0.15) is 0 Å². The van der Waals surface area contributed by atoms with Gasteiger partial charge in [0.15, 0.2) is 0 Å². The molecule has 2 N–H and O–H groups in total. The van der Waals surface area contributed by atoms with Gasteiger partial charge in [-0.2, -0.15) is 0 Å². The highest BCUT2D eigenvalue weighted by atomic mass is 16.5. The van der Waals surface area contributed by atoms with Crippen LogP contribution in [0.5, 0.6) is 0 Å². The summed E-state index contributed by atoms with van der Waals surface area (Å²) in [4.78, 5) is 13.4. The third kappa shape index (κ3) is 3.72. The summed E-state index contributed by atoms with van der Waals surface area (Å²) in [6.45, 7) is 0.733. The van der Waals surface area contributed by atoms with Crippen LogP contribution in [0.15, 0.2) is 78.9 Å². The van der Waals surface area contributed by atoms with E-state index in [9.17, 15) is 4.79 Å². The Kier molecular flexibility index (Phi) is 5.04. The molecule has 0 bridgehead atoms. The summed E-state index contributed by atoms with van der Waals surface area (Å²) < 4.78 is 0. The first-order valence-electron chi connectivity index (χ1n) is 9.09. The number of rotatable bonds is 4. The summed E-state index contributed by atoms with van der Waals surface area (Å²) in [5.41, 5.74) is 8.37. The van der Waals surface area contributed by atoms with Crippen LogP contribution < -0.4 is 10.4 Å². The van der Waals surface area contributed by atoms with Crippen molar-refractivity contribution < 1.29 is 10.0 Å². The van der Waals surface area contributed by atoms with Gasteiger partial charge in [0, 0.05) is 24.0 Å². The van der Waals surface area contributed by atoms with Gasteiger partial charge in [-0.25, -0.2) is 5.48 Å². The lowest BCUT2D eigenvalue weighted by Gasteiger charge is -2.27. The van der Waals surface area contributed by atoms with Gasteiger partial charge in [-0.1, -0.05) is 72.8 Å². The smallest absolute Gasteiger partial charge is 0.267 e. The molecule has 0 radical (unpaired) electrons. The van der Waals surface area contributed by atoms with Crippen molar-refractivity contribution in [1.29, 1.82) is 0 Å². The zero-order valence-corrected chi connectivity index (χ0v) is 15.2. The molecule has 4 rings (SSSR count). The topological polar surface area (TPSA) is 52.6 Å². The molecule has 1 aliphatic heterocycles. The van der Waals surface area contributed by atoms with Crippen molar-refractivity contribution in [1.82, 2.24) is 5.48 Å². The lowest BCUT2D eigenvalue weighted by Crippen LogP contribution is -2.17. The quantitative estimate of drug-likeness (QED) is 0.386. The number of anilines is 2. The van der Waals surface area contributed by atoms with E-state index in [2.05, 4.69) is 77.7 Å². The molecule has 0 spiro atoms. The Morgan fingerprint density at radius 1 is 0.857 bits per heavy atom. The van der Waals surface area contributed by atoms with Gasteiger partial charge in [-0.15, -0.1) is 0 Å². The third-order valence-electron chi connectivity index (χ3n) is 4.76. The minimum absolute atomic E-state index is 0.547. The molecule has 0 aliphatic carbocycles. The number of hydrogen-bond donors (Lipinski definition) is 2. The minimum atomic E-state index is -0.547. The number of nitrogens with one attached hydrogen (secondary N) is 1. The van der Waals surface area contributed by atoms with Crippen LogP contribution in [0.4, 0.5) is 11.4 Å². The molecule has 1 heterocycles. The molecule has 0 fully saturated rings. The van der Waals surface area contributed by atoms with Gasteiger partial charge in [-0.3, -0.25) is 10.0 Å². The number of hydrogen-bond acceptors (Lipinski definition) is 3. The lowest BCUT2D eigenvalue weighted by atomic mass is 10.1. The number of para-hydroxylation sites is 2. The van der Waals surface area contributed by atoms with E-state index in [0.29, 0.717) is 0 Å². The molecule has 28 heavy (non-hydrogen) atoms. The van der Waals surface area contributed by atoms with Gasteiger partial charge in [0.2, 0.25) is 0 Å². The predicted molar refractivity (Wildman–Crippen MR) is 113 cm³/mol. The standard InChI is InChI=1S/C24H20N2O2/c27-24(25-28)16-13-18-9-11-19(12-10-18)17-26-22-7-3-1-5-20(22)14-15-21-6-2-4-8-23(21)26/h1-16,28H,17H2,(H,25,27)/b16-13+. The Labute approximate surface area is 164 Å². The maximum Gasteiger partial charge on any atom is 0.267 e. The van der Waals surface area contributed by atoms with Gasteiger partial charge >= 0.3 is 0 Å². The average Bonchev–Trinajstić information content (AvgIpc) is 2.90. The van der Waals surface area contributed by atoms with Crippen LogP contribution in [0, 0.1) is 0 Å². The summed E-state index contributed by atoms with van der Waals surface area (Å²) in [7, 11) is 0. The maximum atomic E-state index is 11.1. The fourth-order valence-corrected chi connectivity index (χ4v) is 3.35. The molecule has 1 amide bonds. The summed E-state index contributed by atoms with van der Waals surface area (Å²) >= 11 is 0. The van der Waals surface area contributed by atoms with Crippen LogP contribution in [0.25, 0.3) is 18.2 Å². The molecule has 0 atom stereocenters. The lowest BCUT2D eigenvalue weighted by molar-refractivity contribution is -0.124. The van der Waals surface area contributed by atoms with Crippen molar-refractivity contribution in [2.24, 2.45) is 0 Å². The van der Waals surface area contributed by atoms with Crippen LogP contribution >= 0.6 is 0 Å². The number of carbonyl (C=O) groups excluding carboxylic acids is 1. The monoisotopic (exact) mass is 368 g/mol. The fourth-order valence-electron chi connectivity index (χ4n) is 3.35. The Balaban J connectivity index is 1.65. The number of hydroxylamine groups is 1. The van der Waals surface area contributed by atoms with E-state index in [0.717, 1.165) is 17.7 Å². The van der Waals surface area contributed by atoms with Crippen LogP contribution in [-0.4, -0.2) is 11.1 Å². The number of nitrogens with zero attached hydrogens (tertiary/aromatic N) is 1. The second-order valence-corrected chi connectivity index (χ2v) is 6.59. The highest BCUT2D eigenvalue weighted by Gasteiger charge is 2.17. The molecule has 1 aliphatic rings. The normalized spacial score (nSPS) is 12.4. The highest BCUT2D eigenvalue weighted by molar-refractivity contribution is 5.91. The average molecular weight is 368 g/mol. The van der Waals surface area contributed by atoms with Crippen LogP contribution in [0.3, 0.4) is 0 Å². The molecule has 4 heteroatoms. The number of carbonyl (C=O) groups is 1. The first kappa shape index (κ1) is 17.8. The zero-order chi connectivity index (χ0) is 19.3. The first-order valence-corrected chi connectivity index (χ1v) is 9.09. The largest absolute Gasteiger partial charge is 0.336 e. The molecule has 0 saturated heterocycles. The summed E-state index contributed by atoms with van der Waals surface area (Å²) in [5, 5.41) is 8.56. The van der Waals surface area contributed by atoms with E-state index >= 15 is 0 Å². The van der Waals surface area contributed by atoms with Crippen molar-refractivity contribution >= 4 is 35.5 Å². The minimum Gasteiger partial charge on any atom is -0.336 e. The molecule has 0 saturated carbocycles. The van der Waals surface area contributed by atoms with Crippen LogP contribution in [0.2, 0.25) is 0 Å². The highest BCUT2D eigenvalue weighted by Crippen LogP contribution is 2.37. The van der Waals surface area contributed by atoms with Crippen molar-refractivity contribution in [3.63, 3.8) is 0 Å². The van der Waals surface area contributed by atoms with Crippen molar-refractivity contribution in [2.45, 2.75) is 6.54 Å². The van der Waals surface area contributed by atoms with E-state index in [-0.39, 0.29) is 0 Å². The fraction of sp³-hybridized carbons (Fsp3) is 0.0417. The molecule has 3 aromatic carbocycles.